The minimum atomic E-state index is 0.561. The van der Waals surface area contributed by atoms with E-state index in [1.807, 2.05) is 0 Å². The number of benzene rings is 2. The van der Waals surface area contributed by atoms with Crippen LogP contribution < -0.4 is 5.32 Å². The van der Waals surface area contributed by atoms with E-state index in [4.69, 9.17) is 0 Å². The van der Waals surface area contributed by atoms with Crippen molar-refractivity contribution in [2.45, 2.75) is 38.1 Å². The summed E-state index contributed by atoms with van der Waals surface area (Å²) in [5.74, 6) is 0.561. The van der Waals surface area contributed by atoms with E-state index in [2.05, 4.69) is 83.4 Å². The molecule has 110 valence electrons. The zero-order chi connectivity index (χ0) is 14.7. The maximum atomic E-state index is 3.70. The van der Waals surface area contributed by atoms with Gasteiger partial charge in [0, 0.05) is 22.1 Å². The highest BCUT2D eigenvalue weighted by molar-refractivity contribution is 14.1. The second-order valence-electron chi connectivity index (χ2n) is 6.12. The molecular formula is C19H22IN. The monoisotopic (exact) mass is 391 g/mol. The molecule has 1 N–H and O–H groups in total. The number of aryl methyl sites for hydroxylation is 1. The molecule has 0 saturated heterocycles. The van der Waals surface area contributed by atoms with E-state index in [1.165, 1.54) is 33.1 Å². The third kappa shape index (κ3) is 4.55. The van der Waals surface area contributed by atoms with Crippen molar-refractivity contribution in [1.29, 1.82) is 0 Å². The highest BCUT2D eigenvalue weighted by Crippen LogP contribution is 2.24. The third-order valence-electron chi connectivity index (χ3n) is 4.17. The highest BCUT2D eigenvalue weighted by atomic mass is 127. The zero-order valence-electron chi connectivity index (χ0n) is 12.5. The molecule has 1 unspecified atom stereocenters. The third-order valence-corrected chi connectivity index (χ3v) is 4.89. The van der Waals surface area contributed by atoms with E-state index in [1.54, 1.807) is 0 Å². The number of nitrogens with one attached hydrogen (secondary N) is 1. The molecule has 0 aliphatic heterocycles. The summed E-state index contributed by atoms with van der Waals surface area (Å²) in [6.45, 7) is 3.24. The minimum absolute atomic E-state index is 0.561. The number of hydrogen-bond acceptors (Lipinski definition) is 1. The van der Waals surface area contributed by atoms with E-state index < -0.39 is 0 Å². The highest BCUT2D eigenvalue weighted by Gasteiger charge is 2.22. The number of halogens is 1. The van der Waals surface area contributed by atoms with Crippen LogP contribution >= 0.6 is 22.6 Å². The predicted octanol–water partition coefficient (Wildman–Crippen LogP) is 4.68. The topological polar surface area (TPSA) is 12.0 Å². The molecule has 1 aliphatic rings. The Hall–Kier alpha value is -0.870. The molecule has 0 radical (unpaired) electrons. The number of hydrogen-bond donors (Lipinski definition) is 1. The largest absolute Gasteiger partial charge is 0.313 e. The van der Waals surface area contributed by atoms with Crippen LogP contribution in [0.25, 0.3) is 0 Å². The van der Waals surface area contributed by atoms with Crippen LogP contribution in [0.2, 0.25) is 0 Å². The van der Waals surface area contributed by atoms with Gasteiger partial charge in [0.25, 0.3) is 0 Å². The Bertz CT molecular complexity index is 570. The van der Waals surface area contributed by atoms with E-state index in [0.29, 0.717) is 5.92 Å². The smallest absolute Gasteiger partial charge is 0.0130 e. The van der Waals surface area contributed by atoms with Crippen molar-refractivity contribution in [1.82, 2.24) is 5.32 Å². The summed E-state index contributed by atoms with van der Waals surface area (Å²) < 4.78 is 1.30. The Kier molecular flexibility index (Phi) is 4.96. The molecule has 0 bridgehead atoms. The standard InChI is InChI=1S/C19H22IN/c1-14-2-6-16(7-3-14)17(13-21-19-10-11-19)12-15-4-8-18(20)9-5-15/h2-9,17,19,21H,10-13H2,1H3. The van der Waals surface area contributed by atoms with Crippen molar-refractivity contribution < 1.29 is 0 Å². The van der Waals surface area contributed by atoms with Gasteiger partial charge in [-0.1, -0.05) is 42.0 Å². The first-order valence-electron chi connectivity index (χ1n) is 7.75. The van der Waals surface area contributed by atoms with Crippen molar-refractivity contribution in [3.63, 3.8) is 0 Å². The molecule has 2 aromatic rings. The van der Waals surface area contributed by atoms with Gasteiger partial charge in [-0.3, -0.25) is 0 Å². The molecule has 2 heteroatoms. The van der Waals surface area contributed by atoms with Gasteiger partial charge < -0.3 is 5.32 Å². The van der Waals surface area contributed by atoms with Gasteiger partial charge in [-0.15, -0.1) is 0 Å². The molecular weight excluding hydrogens is 369 g/mol. The van der Waals surface area contributed by atoms with E-state index in [9.17, 15) is 0 Å². The molecule has 0 spiro atoms. The van der Waals surface area contributed by atoms with Crippen molar-refractivity contribution in [2.75, 3.05) is 6.54 Å². The van der Waals surface area contributed by atoms with Gasteiger partial charge in [-0.2, -0.15) is 0 Å². The first-order chi connectivity index (χ1) is 10.2. The molecule has 3 rings (SSSR count). The predicted molar refractivity (Wildman–Crippen MR) is 97.8 cm³/mol. The van der Waals surface area contributed by atoms with Crippen molar-refractivity contribution in [3.8, 4) is 0 Å². The van der Waals surface area contributed by atoms with Gasteiger partial charge in [0.05, 0.1) is 0 Å². The summed E-state index contributed by atoms with van der Waals surface area (Å²) >= 11 is 2.37. The van der Waals surface area contributed by atoms with Crippen LogP contribution in [0, 0.1) is 10.5 Å². The van der Waals surface area contributed by atoms with Gasteiger partial charge in [-0.05, 0) is 72.0 Å². The SMILES string of the molecule is Cc1ccc(C(CNC2CC2)Cc2ccc(I)cc2)cc1. The maximum Gasteiger partial charge on any atom is 0.0130 e. The summed E-state index contributed by atoms with van der Waals surface area (Å²) in [5, 5.41) is 3.70. The maximum absolute atomic E-state index is 3.70. The first kappa shape index (κ1) is 15.0. The average Bonchev–Trinajstić information content (AvgIpc) is 3.31. The molecule has 1 fully saturated rings. The Morgan fingerprint density at radius 1 is 1.05 bits per heavy atom. The van der Waals surface area contributed by atoms with Crippen molar-refractivity contribution >= 4 is 22.6 Å². The van der Waals surface area contributed by atoms with Crippen LogP contribution in [0.4, 0.5) is 0 Å². The van der Waals surface area contributed by atoms with Crippen LogP contribution in [0.1, 0.15) is 35.4 Å². The minimum Gasteiger partial charge on any atom is -0.313 e. The van der Waals surface area contributed by atoms with Crippen molar-refractivity contribution in [3.05, 3.63) is 68.8 Å². The lowest BCUT2D eigenvalue weighted by molar-refractivity contribution is 0.577. The van der Waals surface area contributed by atoms with E-state index in [-0.39, 0.29) is 0 Å². The summed E-state index contributed by atoms with van der Waals surface area (Å²) in [5.41, 5.74) is 4.22. The van der Waals surface area contributed by atoms with Gasteiger partial charge >= 0.3 is 0 Å². The van der Waals surface area contributed by atoms with Gasteiger partial charge in [0.15, 0.2) is 0 Å². The molecule has 21 heavy (non-hydrogen) atoms. The second-order valence-corrected chi connectivity index (χ2v) is 7.37. The lowest BCUT2D eigenvalue weighted by Crippen LogP contribution is -2.24. The second kappa shape index (κ2) is 6.93. The molecule has 0 aromatic heterocycles. The Morgan fingerprint density at radius 3 is 2.33 bits per heavy atom. The van der Waals surface area contributed by atoms with Crippen LogP contribution in [-0.4, -0.2) is 12.6 Å². The van der Waals surface area contributed by atoms with Gasteiger partial charge in [0.1, 0.15) is 0 Å². The van der Waals surface area contributed by atoms with Crippen molar-refractivity contribution in [2.24, 2.45) is 0 Å². The molecule has 1 atom stereocenters. The summed E-state index contributed by atoms with van der Waals surface area (Å²) in [6, 6.07) is 18.8. The van der Waals surface area contributed by atoms with Gasteiger partial charge in [0.2, 0.25) is 0 Å². The van der Waals surface area contributed by atoms with Crippen LogP contribution in [0.3, 0.4) is 0 Å². The van der Waals surface area contributed by atoms with Crippen LogP contribution in [0.15, 0.2) is 48.5 Å². The summed E-state index contributed by atoms with van der Waals surface area (Å²) in [7, 11) is 0. The fourth-order valence-corrected chi connectivity index (χ4v) is 3.01. The fourth-order valence-electron chi connectivity index (χ4n) is 2.65. The lowest BCUT2D eigenvalue weighted by Gasteiger charge is -2.19. The lowest BCUT2D eigenvalue weighted by atomic mass is 9.91. The molecule has 1 aliphatic carbocycles. The fraction of sp³-hybridized carbons (Fsp3) is 0.368. The Balaban J connectivity index is 1.73. The first-order valence-corrected chi connectivity index (χ1v) is 8.83. The zero-order valence-corrected chi connectivity index (χ0v) is 14.6. The van der Waals surface area contributed by atoms with Gasteiger partial charge in [-0.25, -0.2) is 0 Å². The quantitative estimate of drug-likeness (QED) is 0.706. The molecule has 0 heterocycles. The Morgan fingerprint density at radius 2 is 1.71 bits per heavy atom. The summed E-state index contributed by atoms with van der Waals surface area (Å²) in [6.07, 6.45) is 3.81. The Labute approximate surface area is 141 Å². The van der Waals surface area contributed by atoms with Crippen LogP contribution in [-0.2, 0) is 6.42 Å². The molecule has 2 aromatic carbocycles. The van der Waals surface area contributed by atoms with E-state index >= 15 is 0 Å². The average molecular weight is 391 g/mol. The molecule has 1 nitrogen and oxygen atoms in total. The summed E-state index contributed by atoms with van der Waals surface area (Å²) in [4.78, 5) is 0. The molecule has 1 saturated carbocycles. The van der Waals surface area contributed by atoms with E-state index in [0.717, 1.165) is 19.0 Å². The normalized spacial score (nSPS) is 15.9. The molecule has 0 amide bonds. The number of rotatable bonds is 6. The van der Waals surface area contributed by atoms with Crippen LogP contribution in [0.5, 0.6) is 0 Å².